The fourth-order valence-electron chi connectivity index (χ4n) is 2.33. The molecule has 0 unspecified atom stereocenters. The van der Waals surface area contributed by atoms with Gasteiger partial charge in [0.1, 0.15) is 0 Å². The van der Waals surface area contributed by atoms with Crippen molar-refractivity contribution >= 4 is 31.2 Å². The van der Waals surface area contributed by atoms with E-state index in [9.17, 15) is 16.8 Å². The number of nitrogens with zero attached hydrogens (tertiary/aromatic N) is 1. The van der Waals surface area contributed by atoms with E-state index in [2.05, 4.69) is 0 Å². The first-order chi connectivity index (χ1) is 10.8. The molecule has 0 spiro atoms. The quantitative estimate of drug-likeness (QED) is 0.782. The molecule has 1 aliphatic rings. The smallest absolute Gasteiger partial charge is 0.224 e. The molecule has 1 aromatic carbocycles. The van der Waals surface area contributed by atoms with Gasteiger partial charge in [0.25, 0.3) is 0 Å². The number of rotatable bonds is 6. The van der Waals surface area contributed by atoms with Crippen molar-refractivity contribution in [3.05, 3.63) is 46.7 Å². The van der Waals surface area contributed by atoms with Crippen LogP contribution in [0, 0.1) is 0 Å². The summed E-state index contributed by atoms with van der Waals surface area (Å²) in [5.41, 5.74) is 0.971. The molecule has 0 radical (unpaired) electrons. The highest BCUT2D eigenvalue weighted by Crippen LogP contribution is 2.34. The Kier molecular flexibility index (Phi) is 4.35. The predicted octanol–water partition coefficient (Wildman–Crippen LogP) is 2.50. The number of sulfone groups is 1. The topological polar surface area (TPSA) is 71.5 Å². The maximum atomic E-state index is 12.9. The minimum atomic E-state index is -3.63. The molecule has 3 rings (SSSR count). The van der Waals surface area contributed by atoms with Gasteiger partial charge < -0.3 is 0 Å². The lowest BCUT2D eigenvalue weighted by Gasteiger charge is -2.21. The Bertz CT molecular complexity index is 881. The summed E-state index contributed by atoms with van der Waals surface area (Å²) in [5, 5.41) is 3.87. The molecule has 23 heavy (non-hydrogen) atoms. The zero-order valence-electron chi connectivity index (χ0n) is 12.5. The van der Waals surface area contributed by atoms with Gasteiger partial charge in [0, 0.05) is 18.8 Å². The Morgan fingerprint density at radius 1 is 1.04 bits per heavy atom. The van der Waals surface area contributed by atoms with Crippen LogP contribution < -0.4 is 0 Å². The maximum absolute atomic E-state index is 12.9. The lowest BCUT2D eigenvalue weighted by Crippen LogP contribution is -2.32. The van der Waals surface area contributed by atoms with Crippen LogP contribution in [0.25, 0.3) is 0 Å². The minimum Gasteiger partial charge on any atom is -0.224 e. The average molecular weight is 372 g/mol. The summed E-state index contributed by atoms with van der Waals surface area (Å²) >= 11 is 1.54. The van der Waals surface area contributed by atoms with E-state index in [0.717, 1.165) is 24.7 Å². The fraction of sp³-hybridized carbons (Fsp3) is 0.333. The van der Waals surface area contributed by atoms with Gasteiger partial charge in [0.05, 0.1) is 9.79 Å². The molecule has 2 aromatic rings. The summed E-state index contributed by atoms with van der Waals surface area (Å²) in [6.45, 7) is 0.352. The number of hydrogen-bond acceptors (Lipinski definition) is 5. The second-order valence-electron chi connectivity index (χ2n) is 5.66. The molecule has 1 fully saturated rings. The van der Waals surface area contributed by atoms with E-state index < -0.39 is 19.9 Å². The van der Waals surface area contributed by atoms with Gasteiger partial charge in [-0.05, 0) is 59.5 Å². The van der Waals surface area contributed by atoms with Gasteiger partial charge in [0.2, 0.25) is 10.0 Å². The molecule has 0 bridgehead atoms. The van der Waals surface area contributed by atoms with E-state index >= 15 is 0 Å². The van der Waals surface area contributed by atoms with Crippen molar-refractivity contribution in [3.8, 4) is 0 Å². The maximum Gasteiger partial charge on any atom is 0.243 e. The molecule has 8 heteroatoms. The van der Waals surface area contributed by atoms with Crippen LogP contribution in [-0.4, -0.2) is 33.4 Å². The van der Waals surface area contributed by atoms with Gasteiger partial charge in [-0.15, -0.1) is 0 Å². The van der Waals surface area contributed by atoms with E-state index in [0.29, 0.717) is 6.54 Å². The summed E-state index contributed by atoms with van der Waals surface area (Å²) in [5.74, 6) is 0. The van der Waals surface area contributed by atoms with Crippen molar-refractivity contribution in [2.45, 2.75) is 35.2 Å². The van der Waals surface area contributed by atoms with Crippen LogP contribution in [0.3, 0.4) is 0 Å². The molecule has 124 valence electrons. The molecule has 0 atom stereocenters. The van der Waals surface area contributed by atoms with Crippen LogP contribution in [0.4, 0.5) is 0 Å². The Balaban J connectivity index is 1.92. The van der Waals surface area contributed by atoms with Crippen molar-refractivity contribution < 1.29 is 16.8 Å². The molecular weight excluding hydrogens is 354 g/mol. The van der Waals surface area contributed by atoms with Crippen molar-refractivity contribution in [1.29, 1.82) is 0 Å². The van der Waals surface area contributed by atoms with Crippen LogP contribution in [0.1, 0.15) is 18.4 Å². The van der Waals surface area contributed by atoms with Crippen molar-refractivity contribution in [3.63, 3.8) is 0 Å². The molecular formula is C15H17NO4S3. The SMILES string of the molecule is CS(=O)(=O)c1ccc(S(=O)(=O)N(Cc2ccsc2)C2CC2)cc1. The Morgan fingerprint density at radius 3 is 2.13 bits per heavy atom. The monoisotopic (exact) mass is 371 g/mol. The molecule has 0 aliphatic heterocycles. The van der Waals surface area contributed by atoms with Gasteiger partial charge in [-0.2, -0.15) is 15.6 Å². The highest BCUT2D eigenvalue weighted by atomic mass is 32.2. The molecule has 0 N–H and O–H groups in total. The molecule has 1 aromatic heterocycles. The largest absolute Gasteiger partial charge is 0.243 e. The van der Waals surface area contributed by atoms with Gasteiger partial charge in [-0.25, -0.2) is 16.8 Å². The highest BCUT2D eigenvalue weighted by molar-refractivity contribution is 7.90. The van der Waals surface area contributed by atoms with Crippen LogP contribution in [-0.2, 0) is 26.4 Å². The van der Waals surface area contributed by atoms with Gasteiger partial charge >= 0.3 is 0 Å². The van der Waals surface area contributed by atoms with E-state index in [1.165, 1.54) is 39.9 Å². The second-order valence-corrected chi connectivity index (χ2v) is 10.3. The number of benzene rings is 1. The van der Waals surface area contributed by atoms with Crippen LogP contribution >= 0.6 is 11.3 Å². The van der Waals surface area contributed by atoms with E-state index in [1.54, 1.807) is 0 Å². The average Bonchev–Trinajstić information content (AvgIpc) is 3.20. The summed E-state index contributed by atoms with van der Waals surface area (Å²) in [4.78, 5) is 0.249. The molecule has 5 nitrogen and oxygen atoms in total. The third kappa shape index (κ3) is 3.65. The standard InChI is InChI=1S/C15H17NO4S3/c1-22(17,18)14-4-6-15(7-5-14)23(19,20)16(13-2-3-13)10-12-8-9-21-11-12/h4-9,11,13H,2-3,10H2,1H3. The first kappa shape index (κ1) is 16.6. The summed E-state index contributed by atoms with van der Waals surface area (Å²) < 4.78 is 50.3. The van der Waals surface area contributed by atoms with Gasteiger partial charge in [-0.1, -0.05) is 0 Å². The molecule has 0 saturated heterocycles. The first-order valence-corrected chi connectivity index (χ1v) is 11.4. The van der Waals surface area contributed by atoms with Gasteiger partial charge in [-0.3, -0.25) is 0 Å². The lowest BCUT2D eigenvalue weighted by atomic mass is 10.3. The van der Waals surface area contributed by atoms with Crippen LogP contribution in [0.5, 0.6) is 0 Å². The van der Waals surface area contributed by atoms with Crippen LogP contribution in [0.15, 0.2) is 50.9 Å². The highest BCUT2D eigenvalue weighted by Gasteiger charge is 2.38. The second kappa shape index (κ2) is 6.01. The van der Waals surface area contributed by atoms with Crippen molar-refractivity contribution in [2.24, 2.45) is 0 Å². The fourth-order valence-corrected chi connectivity index (χ4v) is 5.29. The third-order valence-corrected chi connectivity index (χ3v) is 7.50. The lowest BCUT2D eigenvalue weighted by molar-refractivity contribution is 0.399. The zero-order valence-corrected chi connectivity index (χ0v) is 15.0. The van der Waals surface area contributed by atoms with E-state index in [-0.39, 0.29) is 15.8 Å². The summed E-state index contributed by atoms with van der Waals surface area (Å²) in [6, 6.07) is 7.39. The molecule has 1 saturated carbocycles. The number of hydrogen-bond donors (Lipinski definition) is 0. The summed E-state index contributed by atoms with van der Waals surface area (Å²) in [6.07, 6.45) is 2.83. The Labute approximate surface area is 140 Å². The van der Waals surface area contributed by atoms with E-state index in [1.807, 2.05) is 16.8 Å². The number of thiophene rings is 1. The van der Waals surface area contributed by atoms with Crippen LogP contribution in [0.2, 0.25) is 0 Å². The normalized spacial score (nSPS) is 15.9. The summed E-state index contributed by atoms with van der Waals surface area (Å²) in [7, 11) is -6.97. The minimum absolute atomic E-state index is 0.0366. The molecule has 0 amide bonds. The molecule has 1 heterocycles. The molecule has 1 aliphatic carbocycles. The Hall–Kier alpha value is -1.22. The van der Waals surface area contributed by atoms with E-state index in [4.69, 9.17) is 0 Å². The third-order valence-electron chi connectivity index (χ3n) is 3.73. The first-order valence-electron chi connectivity index (χ1n) is 7.11. The number of sulfonamides is 1. The predicted molar refractivity (Wildman–Crippen MR) is 89.6 cm³/mol. The zero-order chi connectivity index (χ0) is 16.7. The van der Waals surface area contributed by atoms with Crippen molar-refractivity contribution in [2.75, 3.05) is 6.26 Å². The Morgan fingerprint density at radius 2 is 1.65 bits per heavy atom. The van der Waals surface area contributed by atoms with Crippen molar-refractivity contribution in [1.82, 2.24) is 4.31 Å². The van der Waals surface area contributed by atoms with Gasteiger partial charge in [0.15, 0.2) is 9.84 Å².